The lowest BCUT2D eigenvalue weighted by atomic mass is 10.4. The van der Waals surface area contributed by atoms with Crippen molar-refractivity contribution in [3.8, 4) is 0 Å². The summed E-state index contributed by atoms with van der Waals surface area (Å²) in [7, 11) is 1.75. The number of nitrogens with zero attached hydrogens (tertiary/aromatic N) is 4. The molecule has 0 bridgehead atoms. The number of rotatable bonds is 3. The molecule has 0 spiro atoms. The zero-order chi connectivity index (χ0) is 13.1. The van der Waals surface area contributed by atoms with Crippen LogP contribution in [0, 0.1) is 6.92 Å². The van der Waals surface area contributed by atoms with Crippen molar-refractivity contribution < 1.29 is 4.79 Å². The average Bonchev–Trinajstić information content (AvgIpc) is 2.68. The number of carbonyl (C=O) groups is 1. The monoisotopic (exact) mass is 247 g/mol. The predicted octanol–water partition coefficient (Wildman–Crippen LogP) is 0.0564. The number of hydrogen-bond donors (Lipinski definition) is 3. The zero-order valence-electron chi connectivity index (χ0n) is 10.0. The molecule has 94 valence electrons. The average molecular weight is 247 g/mol. The minimum Gasteiger partial charge on any atom is -0.307 e. The van der Waals surface area contributed by atoms with Crippen molar-refractivity contribution in [1.29, 1.82) is 0 Å². The SMILES string of the molecule is Cc1cc(NC(=O)c2cnc(NN)cn2)n(C)n1. The molecule has 2 heterocycles. The van der Waals surface area contributed by atoms with E-state index < -0.39 is 0 Å². The fourth-order valence-electron chi connectivity index (χ4n) is 1.43. The van der Waals surface area contributed by atoms with E-state index in [1.807, 2.05) is 6.92 Å². The second-order valence-electron chi connectivity index (χ2n) is 3.68. The highest BCUT2D eigenvalue weighted by molar-refractivity contribution is 6.02. The first kappa shape index (κ1) is 12.0. The van der Waals surface area contributed by atoms with Crippen LogP contribution >= 0.6 is 0 Å². The van der Waals surface area contributed by atoms with Gasteiger partial charge >= 0.3 is 0 Å². The van der Waals surface area contributed by atoms with Gasteiger partial charge in [-0.25, -0.2) is 15.8 Å². The van der Waals surface area contributed by atoms with Crippen LogP contribution in [0.3, 0.4) is 0 Å². The van der Waals surface area contributed by atoms with Crippen molar-refractivity contribution in [1.82, 2.24) is 19.7 Å². The molecule has 8 nitrogen and oxygen atoms in total. The molecule has 0 aliphatic rings. The van der Waals surface area contributed by atoms with Gasteiger partial charge in [0.1, 0.15) is 11.5 Å². The zero-order valence-corrected chi connectivity index (χ0v) is 10.0. The molecule has 4 N–H and O–H groups in total. The highest BCUT2D eigenvalue weighted by Crippen LogP contribution is 2.09. The summed E-state index contributed by atoms with van der Waals surface area (Å²) in [5, 5.41) is 6.82. The molecule has 0 fully saturated rings. The molecule has 0 saturated carbocycles. The summed E-state index contributed by atoms with van der Waals surface area (Å²) in [4.78, 5) is 19.7. The van der Waals surface area contributed by atoms with Gasteiger partial charge in [0.25, 0.3) is 5.91 Å². The van der Waals surface area contributed by atoms with Crippen LogP contribution in [0.25, 0.3) is 0 Å². The predicted molar refractivity (Wildman–Crippen MR) is 65.7 cm³/mol. The van der Waals surface area contributed by atoms with Gasteiger partial charge in [0, 0.05) is 13.1 Å². The molecule has 0 saturated heterocycles. The van der Waals surface area contributed by atoms with E-state index in [0.717, 1.165) is 5.69 Å². The van der Waals surface area contributed by atoms with Crippen LogP contribution in [-0.4, -0.2) is 25.7 Å². The first-order chi connectivity index (χ1) is 8.60. The third kappa shape index (κ3) is 2.43. The van der Waals surface area contributed by atoms with Gasteiger partial charge in [-0.2, -0.15) is 5.10 Å². The Morgan fingerprint density at radius 3 is 2.67 bits per heavy atom. The van der Waals surface area contributed by atoms with E-state index in [4.69, 9.17) is 5.84 Å². The van der Waals surface area contributed by atoms with E-state index in [1.54, 1.807) is 17.8 Å². The molecule has 2 rings (SSSR count). The lowest BCUT2D eigenvalue weighted by Gasteiger charge is -2.04. The number of nitrogen functional groups attached to an aromatic ring is 1. The standard InChI is InChI=1S/C10H13N7O/c1-6-3-9(17(2)16-6)14-10(18)7-4-13-8(15-11)5-12-7/h3-5H,11H2,1-2H3,(H,13,15)(H,14,18). The Morgan fingerprint density at radius 1 is 1.39 bits per heavy atom. The van der Waals surface area contributed by atoms with Crippen molar-refractivity contribution in [3.05, 3.63) is 29.8 Å². The second-order valence-corrected chi connectivity index (χ2v) is 3.68. The number of aryl methyl sites for hydroxylation is 2. The van der Waals surface area contributed by atoms with Crippen molar-refractivity contribution in [3.63, 3.8) is 0 Å². The van der Waals surface area contributed by atoms with Crippen LogP contribution in [0.2, 0.25) is 0 Å². The van der Waals surface area contributed by atoms with Gasteiger partial charge in [-0.05, 0) is 6.92 Å². The summed E-state index contributed by atoms with van der Waals surface area (Å²) < 4.78 is 1.58. The van der Waals surface area contributed by atoms with E-state index >= 15 is 0 Å². The molecule has 0 unspecified atom stereocenters. The van der Waals surface area contributed by atoms with Crippen molar-refractivity contribution in [2.24, 2.45) is 12.9 Å². The topological polar surface area (TPSA) is 111 Å². The number of anilines is 2. The Balaban J connectivity index is 2.14. The summed E-state index contributed by atoms with van der Waals surface area (Å²) in [6.07, 6.45) is 2.72. The number of hydrogen-bond acceptors (Lipinski definition) is 6. The molecule has 8 heteroatoms. The first-order valence-electron chi connectivity index (χ1n) is 5.21. The van der Waals surface area contributed by atoms with Crippen molar-refractivity contribution >= 4 is 17.5 Å². The van der Waals surface area contributed by atoms with Gasteiger partial charge in [-0.1, -0.05) is 0 Å². The second kappa shape index (κ2) is 4.80. The summed E-state index contributed by atoms with van der Waals surface area (Å²) in [5.41, 5.74) is 3.36. The van der Waals surface area contributed by atoms with Crippen molar-refractivity contribution in [2.75, 3.05) is 10.7 Å². The Kier molecular flexibility index (Phi) is 3.20. The van der Waals surface area contributed by atoms with Gasteiger partial charge in [-0.3, -0.25) is 9.48 Å². The number of aromatic nitrogens is 4. The molecule has 0 aliphatic carbocycles. The minimum atomic E-state index is -0.353. The molecular formula is C10H13N7O. The molecule has 2 aromatic rings. The summed E-state index contributed by atoms with van der Waals surface area (Å²) in [6.45, 7) is 1.84. The Bertz CT molecular complexity index is 560. The van der Waals surface area contributed by atoms with E-state index in [9.17, 15) is 4.79 Å². The van der Waals surface area contributed by atoms with Crippen LogP contribution < -0.4 is 16.6 Å². The lowest BCUT2D eigenvalue weighted by Crippen LogP contribution is -2.17. The maximum absolute atomic E-state index is 11.9. The lowest BCUT2D eigenvalue weighted by molar-refractivity contribution is 0.102. The number of amides is 1. The maximum Gasteiger partial charge on any atom is 0.277 e. The number of carbonyl (C=O) groups excluding carboxylic acids is 1. The molecule has 0 aliphatic heterocycles. The molecule has 2 aromatic heterocycles. The van der Waals surface area contributed by atoms with E-state index in [1.165, 1.54) is 12.4 Å². The van der Waals surface area contributed by atoms with E-state index in [2.05, 4.69) is 25.8 Å². The largest absolute Gasteiger partial charge is 0.307 e. The van der Waals surface area contributed by atoms with E-state index in [0.29, 0.717) is 11.6 Å². The first-order valence-corrected chi connectivity index (χ1v) is 5.21. The fraction of sp³-hybridized carbons (Fsp3) is 0.200. The van der Waals surface area contributed by atoms with Crippen LogP contribution in [0.1, 0.15) is 16.2 Å². The molecule has 0 atom stereocenters. The molecule has 0 aromatic carbocycles. The van der Waals surface area contributed by atoms with Crippen LogP contribution in [0.15, 0.2) is 18.5 Å². The van der Waals surface area contributed by atoms with Gasteiger partial charge in [0.15, 0.2) is 5.82 Å². The van der Waals surface area contributed by atoms with Crippen LogP contribution in [0.4, 0.5) is 11.6 Å². The summed E-state index contributed by atoms with van der Waals surface area (Å²) in [5.74, 6) is 5.79. The Hall–Kier alpha value is -2.48. The summed E-state index contributed by atoms with van der Waals surface area (Å²) >= 11 is 0. The Labute approximate surface area is 103 Å². The third-order valence-electron chi connectivity index (χ3n) is 2.28. The number of hydrazine groups is 1. The van der Waals surface area contributed by atoms with Gasteiger partial charge in [0.2, 0.25) is 0 Å². The number of nitrogens with one attached hydrogen (secondary N) is 2. The molecule has 18 heavy (non-hydrogen) atoms. The smallest absolute Gasteiger partial charge is 0.277 e. The van der Waals surface area contributed by atoms with Crippen LogP contribution in [0.5, 0.6) is 0 Å². The summed E-state index contributed by atoms with van der Waals surface area (Å²) in [6, 6.07) is 1.77. The number of nitrogens with two attached hydrogens (primary N) is 1. The third-order valence-corrected chi connectivity index (χ3v) is 2.28. The normalized spacial score (nSPS) is 10.2. The van der Waals surface area contributed by atoms with Crippen molar-refractivity contribution in [2.45, 2.75) is 6.92 Å². The molecule has 0 radical (unpaired) electrons. The Morgan fingerprint density at radius 2 is 2.17 bits per heavy atom. The van der Waals surface area contributed by atoms with Gasteiger partial charge in [0.05, 0.1) is 18.1 Å². The molecule has 1 amide bonds. The minimum absolute atomic E-state index is 0.202. The van der Waals surface area contributed by atoms with E-state index in [-0.39, 0.29) is 11.6 Å². The van der Waals surface area contributed by atoms with Gasteiger partial charge < -0.3 is 10.7 Å². The quantitative estimate of drug-likeness (QED) is 0.522. The van der Waals surface area contributed by atoms with Gasteiger partial charge in [-0.15, -0.1) is 0 Å². The molecular weight excluding hydrogens is 234 g/mol. The highest BCUT2D eigenvalue weighted by atomic mass is 16.2. The maximum atomic E-state index is 11.9. The highest BCUT2D eigenvalue weighted by Gasteiger charge is 2.11. The van der Waals surface area contributed by atoms with Crippen LogP contribution in [-0.2, 0) is 7.05 Å². The fourth-order valence-corrected chi connectivity index (χ4v) is 1.43.